The van der Waals surface area contributed by atoms with Crippen LogP contribution in [0.15, 0.2) is 24.3 Å². The highest BCUT2D eigenvalue weighted by molar-refractivity contribution is 5.85. The first-order valence-corrected chi connectivity index (χ1v) is 6.30. The van der Waals surface area contributed by atoms with Gasteiger partial charge in [0.2, 0.25) is 0 Å². The molecule has 1 aromatic carbocycles. The van der Waals surface area contributed by atoms with E-state index in [1.807, 2.05) is 0 Å². The van der Waals surface area contributed by atoms with Gasteiger partial charge in [-0.2, -0.15) is 0 Å². The van der Waals surface area contributed by atoms with Gasteiger partial charge in [-0.15, -0.1) is 12.4 Å². The van der Waals surface area contributed by atoms with Crippen molar-refractivity contribution >= 4 is 18.4 Å². The first-order valence-electron chi connectivity index (χ1n) is 6.30. The van der Waals surface area contributed by atoms with Crippen molar-refractivity contribution in [3.8, 4) is 0 Å². The Hall–Kier alpha value is -1.06. The van der Waals surface area contributed by atoms with E-state index in [0.717, 1.165) is 19.4 Å². The summed E-state index contributed by atoms with van der Waals surface area (Å²) in [4.78, 5) is 10.4. The zero-order chi connectivity index (χ0) is 12.1. The molecule has 4 heteroatoms. The van der Waals surface area contributed by atoms with Crippen LogP contribution in [-0.2, 0) is 11.2 Å². The Kier molecular flexibility index (Phi) is 6.16. The van der Waals surface area contributed by atoms with Crippen molar-refractivity contribution in [2.75, 3.05) is 6.54 Å². The van der Waals surface area contributed by atoms with Crippen LogP contribution in [0.1, 0.15) is 42.9 Å². The molecule has 1 atom stereocenters. The number of benzene rings is 1. The summed E-state index contributed by atoms with van der Waals surface area (Å²) in [5.74, 6) is -0.711. The molecule has 2 rings (SSSR count). The van der Waals surface area contributed by atoms with Gasteiger partial charge in [-0.25, -0.2) is 0 Å². The second-order valence-electron chi connectivity index (χ2n) is 4.64. The van der Waals surface area contributed by atoms with E-state index in [0.29, 0.717) is 6.04 Å². The maximum absolute atomic E-state index is 10.4. The Morgan fingerprint density at radius 2 is 2.06 bits per heavy atom. The molecule has 1 saturated heterocycles. The van der Waals surface area contributed by atoms with Gasteiger partial charge >= 0.3 is 5.97 Å². The Labute approximate surface area is 114 Å². The third-order valence-electron chi connectivity index (χ3n) is 3.30. The van der Waals surface area contributed by atoms with Crippen LogP contribution in [0.4, 0.5) is 0 Å². The molecule has 2 N–H and O–H groups in total. The number of aliphatic carboxylic acids is 1. The summed E-state index contributed by atoms with van der Waals surface area (Å²) in [5, 5.41) is 12.0. The van der Waals surface area contributed by atoms with Crippen molar-refractivity contribution in [2.45, 2.75) is 38.1 Å². The minimum absolute atomic E-state index is 0. The lowest BCUT2D eigenvalue weighted by Gasteiger charge is -2.11. The number of carbonyl (C=O) groups is 1. The fourth-order valence-corrected chi connectivity index (χ4v) is 2.33. The number of halogens is 1. The first kappa shape index (κ1) is 15.0. The molecule has 0 aromatic heterocycles. The van der Waals surface area contributed by atoms with E-state index in [2.05, 4.69) is 29.6 Å². The largest absolute Gasteiger partial charge is 0.481 e. The third-order valence-corrected chi connectivity index (χ3v) is 3.30. The van der Waals surface area contributed by atoms with Crippen molar-refractivity contribution in [1.82, 2.24) is 5.32 Å². The molecule has 1 aliphatic heterocycles. The summed E-state index contributed by atoms with van der Waals surface area (Å²) in [6.45, 7) is 1.12. The summed E-state index contributed by atoms with van der Waals surface area (Å²) >= 11 is 0. The van der Waals surface area contributed by atoms with Crippen molar-refractivity contribution in [3.63, 3.8) is 0 Å². The third kappa shape index (κ3) is 4.31. The monoisotopic (exact) mass is 269 g/mol. The van der Waals surface area contributed by atoms with Gasteiger partial charge in [0.15, 0.2) is 0 Å². The molecule has 1 heterocycles. The predicted molar refractivity (Wildman–Crippen MR) is 74.2 cm³/mol. The van der Waals surface area contributed by atoms with Gasteiger partial charge in [0.25, 0.3) is 0 Å². The molecule has 100 valence electrons. The van der Waals surface area contributed by atoms with Crippen molar-refractivity contribution in [3.05, 3.63) is 35.4 Å². The molecule has 0 spiro atoms. The zero-order valence-electron chi connectivity index (χ0n) is 10.4. The second kappa shape index (κ2) is 7.39. The highest BCUT2D eigenvalue weighted by Gasteiger charge is 2.15. The molecular formula is C14H20ClNO2. The van der Waals surface area contributed by atoms with Gasteiger partial charge < -0.3 is 10.4 Å². The fourth-order valence-electron chi connectivity index (χ4n) is 2.33. The van der Waals surface area contributed by atoms with Gasteiger partial charge in [0, 0.05) is 12.5 Å². The van der Waals surface area contributed by atoms with Gasteiger partial charge in [-0.1, -0.05) is 24.3 Å². The lowest BCUT2D eigenvalue weighted by atomic mass is 10.0. The van der Waals surface area contributed by atoms with E-state index < -0.39 is 5.97 Å². The molecule has 1 aliphatic rings. The topological polar surface area (TPSA) is 49.3 Å². The van der Waals surface area contributed by atoms with Crippen LogP contribution in [0.3, 0.4) is 0 Å². The van der Waals surface area contributed by atoms with E-state index in [1.165, 1.54) is 24.0 Å². The van der Waals surface area contributed by atoms with Gasteiger partial charge in [-0.3, -0.25) is 4.79 Å². The highest BCUT2D eigenvalue weighted by Crippen LogP contribution is 2.23. The number of carboxylic acids is 1. The normalized spacial score (nSPS) is 18.3. The van der Waals surface area contributed by atoms with Gasteiger partial charge in [0.1, 0.15) is 0 Å². The van der Waals surface area contributed by atoms with Crippen LogP contribution in [-0.4, -0.2) is 17.6 Å². The smallest absolute Gasteiger partial charge is 0.303 e. The van der Waals surface area contributed by atoms with Gasteiger partial charge in [-0.05, 0) is 43.4 Å². The summed E-state index contributed by atoms with van der Waals surface area (Å²) in [5.41, 5.74) is 2.58. The molecule has 0 unspecified atom stereocenters. The SMILES string of the molecule is Cl.O=C(O)CCCc1ccc([C@H]2CCCN2)cc1. The van der Waals surface area contributed by atoms with Crippen LogP contribution in [0.2, 0.25) is 0 Å². The van der Waals surface area contributed by atoms with Crippen LogP contribution in [0, 0.1) is 0 Å². The number of aryl methyl sites for hydroxylation is 1. The lowest BCUT2D eigenvalue weighted by Crippen LogP contribution is -2.12. The summed E-state index contributed by atoms with van der Waals surface area (Å²) in [7, 11) is 0. The molecule has 0 amide bonds. The minimum atomic E-state index is -0.711. The standard InChI is InChI=1S/C14H19NO2.ClH/c16-14(17)5-1-3-11-6-8-12(9-7-11)13-4-2-10-15-13;/h6-9,13,15H,1-5,10H2,(H,16,17);1H/t13-;/m1./s1. The molecule has 0 aliphatic carbocycles. The van der Waals surface area contributed by atoms with E-state index in [4.69, 9.17) is 5.11 Å². The molecule has 0 saturated carbocycles. The van der Waals surface area contributed by atoms with E-state index >= 15 is 0 Å². The number of rotatable bonds is 5. The highest BCUT2D eigenvalue weighted by atomic mass is 35.5. The number of carboxylic acid groups (broad SMARTS) is 1. The van der Waals surface area contributed by atoms with E-state index in [-0.39, 0.29) is 18.8 Å². The fraction of sp³-hybridized carbons (Fsp3) is 0.500. The zero-order valence-corrected chi connectivity index (χ0v) is 11.2. The maximum atomic E-state index is 10.4. The Bertz CT molecular complexity index is 372. The van der Waals surface area contributed by atoms with Crippen molar-refractivity contribution < 1.29 is 9.90 Å². The van der Waals surface area contributed by atoms with Crippen LogP contribution >= 0.6 is 12.4 Å². The second-order valence-corrected chi connectivity index (χ2v) is 4.64. The lowest BCUT2D eigenvalue weighted by molar-refractivity contribution is -0.137. The first-order chi connectivity index (χ1) is 8.25. The van der Waals surface area contributed by atoms with E-state index in [9.17, 15) is 4.79 Å². The van der Waals surface area contributed by atoms with Crippen LogP contribution < -0.4 is 5.32 Å². The molecule has 1 aromatic rings. The molecule has 0 radical (unpaired) electrons. The summed E-state index contributed by atoms with van der Waals surface area (Å²) in [6, 6.07) is 9.09. The minimum Gasteiger partial charge on any atom is -0.481 e. The average Bonchev–Trinajstić information content (AvgIpc) is 2.83. The van der Waals surface area contributed by atoms with Crippen molar-refractivity contribution in [1.29, 1.82) is 0 Å². The Balaban J connectivity index is 0.00000162. The molecule has 18 heavy (non-hydrogen) atoms. The Morgan fingerprint density at radius 1 is 1.33 bits per heavy atom. The predicted octanol–water partition coefficient (Wildman–Crippen LogP) is 2.94. The van der Waals surface area contributed by atoms with Crippen molar-refractivity contribution in [2.24, 2.45) is 0 Å². The molecule has 0 bridgehead atoms. The number of hydrogen-bond acceptors (Lipinski definition) is 2. The summed E-state index contributed by atoms with van der Waals surface area (Å²) < 4.78 is 0. The number of hydrogen-bond donors (Lipinski definition) is 2. The quantitative estimate of drug-likeness (QED) is 0.864. The Morgan fingerprint density at radius 3 is 2.61 bits per heavy atom. The van der Waals surface area contributed by atoms with Crippen LogP contribution in [0.25, 0.3) is 0 Å². The van der Waals surface area contributed by atoms with Crippen LogP contribution in [0.5, 0.6) is 0 Å². The molecule has 3 nitrogen and oxygen atoms in total. The average molecular weight is 270 g/mol. The van der Waals surface area contributed by atoms with Gasteiger partial charge in [0.05, 0.1) is 0 Å². The maximum Gasteiger partial charge on any atom is 0.303 e. The summed E-state index contributed by atoms with van der Waals surface area (Å²) in [6.07, 6.45) is 4.30. The number of nitrogens with one attached hydrogen (secondary N) is 1. The molecule has 1 fully saturated rings. The van der Waals surface area contributed by atoms with E-state index in [1.54, 1.807) is 0 Å². The molecular weight excluding hydrogens is 250 g/mol.